The Labute approximate surface area is 208 Å². The third-order valence-electron chi connectivity index (χ3n) is 6.40. The highest BCUT2D eigenvalue weighted by Gasteiger charge is 2.22. The smallest absolute Gasteiger partial charge is 0.0985 e. The molecule has 4 rings (SSSR count). The molecule has 0 aliphatic rings. The number of rotatable bonds is 7. The second kappa shape index (κ2) is 10.3. The second-order valence-electron chi connectivity index (χ2n) is 9.43. The lowest BCUT2D eigenvalue weighted by Crippen LogP contribution is -2.03. The van der Waals surface area contributed by atoms with Crippen molar-refractivity contribution in [3.05, 3.63) is 100 Å². The summed E-state index contributed by atoms with van der Waals surface area (Å²) in [7, 11) is 0. The van der Waals surface area contributed by atoms with E-state index in [4.69, 9.17) is 10.8 Å². The number of nitrogens with two attached hydrogens (primary N) is 1. The number of aliphatic hydroxyl groups excluding tert-OH is 1. The van der Waals surface area contributed by atoms with Crippen molar-refractivity contribution in [3.63, 3.8) is 0 Å². The van der Waals surface area contributed by atoms with Gasteiger partial charge in [0, 0.05) is 34.3 Å². The highest BCUT2D eigenvalue weighted by atomic mass is 16.3. The third kappa shape index (κ3) is 5.05. The fourth-order valence-electron chi connectivity index (χ4n) is 4.64. The van der Waals surface area contributed by atoms with Crippen molar-refractivity contribution in [2.24, 2.45) is 4.99 Å². The highest BCUT2D eigenvalue weighted by Crippen LogP contribution is 2.36. The molecule has 1 heterocycles. The lowest BCUT2D eigenvalue weighted by molar-refractivity contribution is 0.187. The Balaban J connectivity index is 1.77. The maximum Gasteiger partial charge on any atom is 0.0985 e. The molecule has 0 fully saturated rings. The van der Waals surface area contributed by atoms with Gasteiger partial charge in [-0.2, -0.15) is 5.10 Å². The van der Waals surface area contributed by atoms with E-state index in [-0.39, 0.29) is 12.5 Å². The molecule has 0 aliphatic heterocycles. The van der Waals surface area contributed by atoms with E-state index in [0.29, 0.717) is 5.69 Å². The molecule has 3 aromatic carbocycles. The summed E-state index contributed by atoms with van der Waals surface area (Å²) in [5, 5.41) is 15.6. The van der Waals surface area contributed by atoms with E-state index in [1.54, 1.807) is 6.21 Å². The van der Waals surface area contributed by atoms with Gasteiger partial charge in [-0.05, 0) is 49.9 Å². The van der Waals surface area contributed by atoms with Gasteiger partial charge in [-0.15, -0.1) is 0 Å². The second-order valence-corrected chi connectivity index (χ2v) is 9.43. The Hall–Kier alpha value is -3.70. The van der Waals surface area contributed by atoms with Crippen molar-refractivity contribution in [1.29, 1.82) is 0 Å². The number of hydrogen-bond donors (Lipinski definition) is 2. The number of benzene rings is 3. The van der Waals surface area contributed by atoms with Crippen LogP contribution in [0.4, 0.5) is 5.69 Å². The van der Waals surface area contributed by atoms with Crippen molar-refractivity contribution in [1.82, 2.24) is 9.78 Å². The highest BCUT2D eigenvalue weighted by molar-refractivity contribution is 5.96. The number of aliphatic imine (C=N–C) groups is 1. The maximum absolute atomic E-state index is 10.5. The molecule has 35 heavy (non-hydrogen) atoms. The van der Waals surface area contributed by atoms with Gasteiger partial charge < -0.3 is 10.8 Å². The number of aromatic nitrogens is 2. The van der Waals surface area contributed by atoms with Gasteiger partial charge in [0.05, 0.1) is 24.0 Å². The molecule has 0 unspecified atom stereocenters. The van der Waals surface area contributed by atoms with Crippen LogP contribution in [0.2, 0.25) is 0 Å². The van der Waals surface area contributed by atoms with E-state index in [1.165, 1.54) is 16.7 Å². The lowest BCUT2D eigenvalue weighted by Gasteiger charge is -2.12. The number of aliphatic hydroxyl groups is 1. The molecule has 5 nitrogen and oxygen atoms in total. The summed E-state index contributed by atoms with van der Waals surface area (Å²) in [5.74, 6) is 0.274. The predicted molar refractivity (Wildman–Crippen MR) is 146 cm³/mol. The molecule has 4 aromatic rings. The average molecular weight is 467 g/mol. The normalized spacial score (nSPS) is 12.5. The number of aryl methyl sites for hydroxylation is 2. The van der Waals surface area contributed by atoms with Crippen LogP contribution in [-0.4, -0.2) is 27.6 Å². The summed E-state index contributed by atoms with van der Waals surface area (Å²) in [5.41, 5.74) is 16.4. The van der Waals surface area contributed by atoms with Gasteiger partial charge in [-0.25, -0.2) is 4.68 Å². The zero-order valence-corrected chi connectivity index (χ0v) is 21.2. The molecule has 0 aliphatic carbocycles. The maximum atomic E-state index is 10.5. The van der Waals surface area contributed by atoms with E-state index in [2.05, 4.69) is 57.8 Å². The number of nitrogens with zero attached hydrogens (tertiary/aromatic N) is 3. The molecule has 5 heteroatoms. The van der Waals surface area contributed by atoms with Crippen LogP contribution in [-0.2, 0) is 0 Å². The first-order valence-corrected chi connectivity index (χ1v) is 12.1. The number of anilines is 1. The molecule has 0 radical (unpaired) electrons. The molecular weight excluding hydrogens is 432 g/mol. The molecule has 3 N–H and O–H groups in total. The van der Waals surface area contributed by atoms with Gasteiger partial charge in [0.1, 0.15) is 0 Å². The molecule has 0 saturated carbocycles. The number of nitrogen functional groups attached to an aromatic ring is 1. The lowest BCUT2D eigenvalue weighted by atomic mass is 9.94. The van der Waals surface area contributed by atoms with Crippen LogP contribution in [0, 0.1) is 20.8 Å². The van der Waals surface area contributed by atoms with E-state index in [0.717, 1.165) is 33.8 Å². The van der Waals surface area contributed by atoms with Crippen LogP contribution in [0.5, 0.6) is 0 Å². The first-order chi connectivity index (χ1) is 16.8. The van der Waals surface area contributed by atoms with Crippen LogP contribution in [0.25, 0.3) is 16.9 Å². The Kier molecular flexibility index (Phi) is 7.17. The van der Waals surface area contributed by atoms with Crippen molar-refractivity contribution < 1.29 is 5.11 Å². The summed E-state index contributed by atoms with van der Waals surface area (Å²) >= 11 is 0. The zero-order valence-electron chi connectivity index (χ0n) is 21.2. The topological polar surface area (TPSA) is 76.4 Å². The van der Waals surface area contributed by atoms with Crippen LogP contribution < -0.4 is 5.73 Å². The monoisotopic (exact) mass is 466 g/mol. The van der Waals surface area contributed by atoms with Gasteiger partial charge in [-0.1, -0.05) is 74.0 Å². The fraction of sp³-hybridized carbons (Fsp3) is 0.267. The van der Waals surface area contributed by atoms with Crippen LogP contribution in [0.15, 0.2) is 71.7 Å². The van der Waals surface area contributed by atoms with Crippen molar-refractivity contribution in [3.8, 4) is 16.9 Å². The summed E-state index contributed by atoms with van der Waals surface area (Å²) in [6.45, 7) is 11.0. The SMILES string of the molecule is Cc1ccc(-n2nc(-c3cccc(N)c3C=NC[C@H](O)c3ccccc3)c(C(C)C)c2C)c(C)c1. The van der Waals surface area contributed by atoms with Crippen molar-refractivity contribution in [2.45, 2.75) is 46.6 Å². The Morgan fingerprint density at radius 2 is 1.74 bits per heavy atom. The first-order valence-electron chi connectivity index (χ1n) is 12.1. The Bertz CT molecular complexity index is 1350. The van der Waals surface area contributed by atoms with E-state index >= 15 is 0 Å². The Morgan fingerprint density at radius 3 is 2.43 bits per heavy atom. The molecule has 0 bridgehead atoms. The van der Waals surface area contributed by atoms with Gasteiger partial charge in [0.2, 0.25) is 0 Å². The minimum Gasteiger partial charge on any atom is -0.398 e. The van der Waals surface area contributed by atoms with E-state index in [1.807, 2.05) is 53.2 Å². The standard InChI is InChI=1S/C30H34N4O/c1-19(2)29-22(5)34(27-15-14-20(3)16-21(27)4)33-30(29)24-12-9-13-26(31)25(24)17-32-18-28(35)23-10-7-6-8-11-23/h6-17,19,28,35H,18,31H2,1-5H3/t28-/m0/s1. The van der Waals surface area contributed by atoms with E-state index in [9.17, 15) is 5.11 Å². The molecule has 0 saturated heterocycles. The molecule has 0 amide bonds. The van der Waals surface area contributed by atoms with Gasteiger partial charge in [0.15, 0.2) is 0 Å². The summed E-state index contributed by atoms with van der Waals surface area (Å²) in [6, 6.07) is 21.9. The molecule has 180 valence electrons. The third-order valence-corrected chi connectivity index (χ3v) is 6.40. The van der Waals surface area contributed by atoms with Crippen LogP contribution >= 0.6 is 0 Å². The summed E-state index contributed by atoms with van der Waals surface area (Å²) in [4.78, 5) is 4.56. The summed E-state index contributed by atoms with van der Waals surface area (Å²) < 4.78 is 2.04. The van der Waals surface area contributed by atoms with Crippen molar-refractivity contribution >= 4 is 11.9 Å². The first kappa shape index (κ1) is 24.4. The molecule has 1 aromatic heterocycles. The average Bonchev–Trinajstić information content (AvgIpc) is 3.17. The fourth-order valence-corrected chi connectivity index (χ4v) is 4.64. The molecule has 0 spiro atoms. The molecular formula is C30H34N4O. The van der Waals surface area contributed by atoms with Crippen LogP contribution in [0.3, 0.4) is 0 Å². The van der Waals surface area contributed by atoms with Crippen molar-refractivity contribution in [2.75, 3.05) is 12.3 Å². The van der Waals surface area contributed by atoms with E-state index < -0.39 is 6.10 Å². The minimum atomic E-state index is -0.668. The largest absolute Gasteiger partial charge is 0.398 e. The van der Waals surface area contributed by atoms with Crippen LogP contribution in [0.1, 0.15) is 59.4 Å². The quantitative estimate of drug-likeness (QED) is 0.247. The van der Waals surface area contributed by atoms with Gasteiger partial charge >= 0.3 is 0 Å². The van der Waals surface area contributed by atoms with Gasteiger partial charge in [0.25, 0.3) is 0 Å². The Morgan fingerprint density at radius 1 is 1.00 bits per heavy atom. The predicted octanol–water partition coefficient (Wildman–Crippen LogP) is 6.32. The zero-order chi connectivity index (χ0) is 25.1. The van der Waals surface area contributed by atoms with Gasteiger partial charge in [-0.3, -0.25) is 4.99 Å². The summed E-state index contributed by atoms with van der Waals surface area (Å²) in [6.07, 6.45) is 1.10. The minimum absolute atomic E-state index is 0.255. The molecule has 1 atom stereocenters. The number of hydrogen-bond acceptors (Lipinski definition) is 4.